The maximum atomic E-state index is 6.35. The molecule has 0 aliphatic carbocycles. The van der Waals surface area contributed by atoms with Crippen molar-refractivity contribution in [3.8, 4) is 0 Å². The van der Waals surface area contributed by atoms with Gasteiger partial charge in [-0.25, -0.2) is 0 Å². The number of likely N-dealkylation sites (N-methyl/N-ethyl adjacent to an activating group) is 1. The van der Waals surface area contributed by atoms with Gasteiger partial charge in [0.05, 0.1) is 29.5 Å². The molecule has 0 saturated heterocycles. The fourth-order valence-electron chi connectivity index (χ4n) is 2.65. The molecular formula is C15H19ClN4. The summed E-state index contributed by atoms with van der Waals surface area (Å²) >= 11 is 6.35. The third kappa shape index (κ3) is 2.53. The van der Waals surface area contributed by atoms with E-state index in [1.807, 2.05) is 4.68 Å². The van der Waals surface area contributed by atoms with E-state index in [0.717, 1.165) is 30.2 Å². The van der Waals surface area contributed by atoms with Crippen LogP contribution in [0.5, 0.6) is 0 Å². The number of halogens is 1. The Kier molecular flexibility index (Phi) is 3.68. The first-order valence-corrected chi connectivity index (χ1v) is 7.23. The number of fused-ring (bicyclic) bond motifs is 1. The van der Waals surface area contributed by atoms with Gasteiger partial charge in [-0.2, -0.15) is 5.10 Å². The quantitative estimate of drug-likeness (QED) is 0.940. The van der Waals surface area contributed by atoms with Crippen molar-refractivity contribution in [1.82, 2.24) is 14.7 Å². The van der Waals surface area contributed by atoms with Gasteiger partial charge in [-0.3, -0.25) is 4.68 Å². The second-order valence-electron chi connectivity index (χ2n) is 5.46. The van der Waals surface area contributed by atoms with Gasteiger partial charge in [0.2, 0.25) is 0 Å². The van der Waals surface area contributed by atoms with Crippen LogP contribution in [0.4, 0.5) is 5.69 Å². The zero-order valence-electron chi connectivity index (χ0n) is 11.8. The van der Waals surface area contributed by atoms with Crippen LogP contribution < -0.4 is 5.32 Å². The van der Waals surface area contributed by atoms with Gasteiger partial charge < -0.3 is 10.2 Å². The summed E-state index contributed by atoms with van der Waals surface area (Å²) in [5, 5.41) is 8.70. The zero-order chi connectivity index (χ0) is 14.1. The Morgan fingerprint density at radius 2 is 2.20 bits per heavy atom. The molecule has 0 amide bonds. The Bertz CT molecular complexity index is 581. The number of hydrogen-bond donors (Lipinski definition) is 1. The Morgan fingerprint density at radius 3 is 2.95 bits per heavy atom. The molecule has 2 aromatic rings. The Balaban J connectivity index is 1.83. The highest BCUT2D eigenvalue weighted by atomic mass is 35.5. The molecule has 4 nitrogen and oxygen atoms in total. The standard InChI is InChI=1S/C15H19ClN4/c1-19(2)7-8-20-15(12(16)10-17-20)14-9-11-5-3-4-6-13(11)18-14/h3-6,10,14,18H,7-9H2,1-2H3. The van der Waals surface area contributed by atoms with E-state index in [-0.39, 0.29) is 6.04 Å². The van der Waals surface area contributed by atoms with E-state index in [1.165, 1.54) is 11.3 Å². The fraction of sp³-hybridized carbons (Fsp3) is 0.400. The fourth-order valence-corrected chi connectivity index (χ4v) is 2.93. The number of anilines is 1. The lowest BCUT2D eigenvalue weighted by molar-refractivity contribution is 0.367. The minimum Gasteiger partial charge on any atom is -0.376 e. The van der Waals surface area contributed by atoms with Gasteiger partial charge in [-0.1, -0.05) is 29.8 Å². The molecule has 2 heterocycles. The SMILES string of the molecule is CN(C)CCn1ncc(Cl)c1C1Cc2ccccc2N1. The number of nitrogens with zero attached hydrogens (tertiary/aromatic N) is 3. The van der Waals surface area contributed by atoms with E-state index in [9.17, 15) is 0 Å². The zero-order valence-corrected chi connectivity index (χ0v) is 12.6. The summed E-state index contributed by atoms with van der Waals surface area (Å²) in [6, 6.07) is 8.62. The summed E-state index contributed by atoms with van der Waals surface area (Å²) in [5.74, 6) is 0. The molecule has 20 heavy (non-hydrogen) atoms. The molecule has 0 bridgehead atoms. The van der Waals surface area contributed by atoms with E-state index in [1.54, 1.807) is 6.20 Å². The van der Waals surface area contributed by atoms with Crippen LogP contribution in [0, 0.1) is 0 Å². The predicted octanol–water partition coefficient (Wildman–Crippen LogP) is 2.81. The summed E-state index contributed by atoms with van der Waals surface area (Å²) in [7, 11) is 4.13. The van der Waals surface area contributed by atoms with Crippen molar-refractivity contribution in [2.45, 2.75) is 19.0 Å². The van der Waals surface area contributed by atoms with Crippen LogP contribution in [-0.2, 0) is 13.0 Å². The number of benzene rings is 1. The van der Waals surface area contributed by atoms with E-state index >= 15 is 0 Å². The molecule has 1 N–H and O–H groups in total. The Morgan fingerprint density at radius 1 is 1.40 bits per heavy atom. The highest BCUT2D eigenvalue weighted by molar-refractivity contribution is 6.31. The molecule has 1 aliphatic rings. The minimum atomic E-state index is 0.213. The number of rotatable bonds is 4. The number of aromatic nitrogens is 2. The topological polar surface area (TPSA) is 33.1 Å². The van der Waals surface area contributed by atoms with Crippen LogP contribution >= 0.6 is 11.6 Å². The first-order valence-electron chi connectivity index (χ1n) is 6.85. The van der Waals surface area contributed by atoms with Crippen LogP contribution in [-0.4, -0.2) is 35.3 Å². The highest BCUT2D eigenvalue weighted by Gasteiger charge is 2.26. The van der Waals surface area contributed by atoms with Crippen LogP contribution in [0.2, 0.25) is 5.02 Å². The van der Waals surface area contributed by atoms with E-state index in [4.69, 9.17) is 11.6 Å². The van der Waals surface area contributed by atoms with E-state index in [2.05, 4.69) is 53.7 Å². The molecule has 5 heteroatoms. The van der Waals surface area contributed by atoms with Crippen LogP contribution in [0.3, 0.4) is 0 Å². The van der Waals surface area contributed by atoms with Crippen molar-refractivity contribution in [2.24, 2.45) is 0 Å². The summed E-state index contributed by atoms with van der Waals surface area (Å²) in [4.78, 5) is 2.15. The van der Waals surface area contributed by atoms with Crippen molar-refractivity contribution >= 4 is 17.3 Å². The van der Waals surface area contributed by atoms with Gasteiger partial charge in [0.15, 0.2) is 0 Å². The highest BCUT2D eigenvalue weighted by Crippen LogP contribution is 2.36. The summed E-state index contributed by atoms with van der Waals surface area (Å²) in [5.41, 5.74) is 3.63. The molecule has 0 saturated carbocycles. The summed E-state index contributed by atoms with van der Waals surface area (Å²) < 4.78 is 2.02. The molecule has 1 aliphatic heterocycles. The van der Waals surface area contributed by atoms with E-state index < -0.39 is 0 Å². The van der Waals surface area contributed by atoms with Gasteiger partial charge in [0, 0.05) is 18.7 Å². The first-order chi connectivity index (χ1) is 9.65. The number of nitrogens with one attached hydrogen (secondary N) is 1. The van der Waals surface area contributed by atoms with Crippen LogP contribution in [0.1, 0.15) is 17.3 Å². The predicted molar refractivity (Wildman–Crippen MR) is 82.3 cm³/mol. The molecule has 1 atom stereocenters. The normalized spacial score (nSPS) is 17.3. The molecule has 3 rings (SSSR count). The van der Waals surface area contributed by atoms with Crippen molar-refractivity contribution in [2.75, 3.05) is 26.0 Å². The number of para-hydroxylation sites is 1. The van der Waals surface area contributed by atoms with Gasteiger partial charge in [-0.15, -0.1) is 0 Å². The Hall–Kier alpha value is -1.52. The molecule has 1 aromatic carbocycles. The lowest BCUT2D eigenvalue weighted by atomic mass is 10.1. The van der Waals surface area contributed by atoms with Crippen molar-refractivity contribution in [1.29, 1.82) is 0 Å². The molecular weight excluding hydrogens is 272 g/mol. The molecule has 1 aromatic heterocycles. The third-order valence-corrected chi connectivity index (χ3v) is 3.98. The van der Waals surface area contributed by atoms with Gasteiger partial charge in [-0.05, 0) is 25.7 Å². The average molecular weight is 291 g/mol. The number of hydrogen-bond acceptors (Lipinski definition) is 3. The smallest absolute Gasteiger partial charge is 0.0839 e. The first kappa shape index (κ1) is 13.5. The summed E-state index contributed by atoms with van der Waals surface area (Å²) in [6.45, 7) is 1.80. The minimum absolute atomic E-state index is 0.213. The van der Waals surface area contributed by atoms with Gasteiger partial charge in [0.1, 0.15) is 0 Å². The monoisotopic (exact) mass is 290 g/mol. The lowest BCUT2D eigenvalue weighted by Crippen LogP contribution is -2.22. The van der Waals surface area contributed by atoms with Crippen LogP contribution in [0.25, 0.3) is 0 Å². The van der Waals surface area contributed by atoms with Crippen molar-refractivity contribution in [3.63, 3.8) is 0 Å². The lowest BCUT2D eigenvalue weighted by Gasteiger charge is -2.16. The third-order valence-electron chi connectivity index (χ3n) is 3.69. The molecule has 106 valence electrons. The average Bonchev–Trinajstić information content (AvgIpc) is 2.99. The summed E-state index contributed by atoms with van der Waals surface area (Å²) in [6.07, 6.45) is 2.71. The van der Waals surface area contributed by atoms with Gasteiger partial charge in [0.25, 0.3) is 0 Å². The second-order valence-corrected chi connectivity index (χ2v) is 5.87. The van der Waals surface area contributed by atoms with Crippen molar-refractivity contribution < 1.29 is 0 Å². The van der Waals surface area contributed by atoms with Crippen LogP contribution in [0.15, 0.2) is 30.5 Å². The largest absolute Gasteiger partial charge is 0.376 e. The second kappa shape index (κ2) is 5.46. The maximum Gasteiger partial charge on any atom is 0.0839 e. The van der Waals surface area contributed by atoms with E-state index in [0.29, 0.717) is 0 Å². The Labute approximate surface area is 124 Å². The molecule has 0 spiro atoms. The maximum absolute atomic E-state index is 6.35. The molecule has 0 fully saturated rings. The van der Waals surface area contributed by atoms with Crippen molar-refractivity contribution in [3.05, 3.63) is 46.7 Å². The van der Waals surface area contributed by atoms with Gasteiger partial charge >= 0.3 is 0 Å². The molecule has 1 unspecified atom stereocenters. The molecule has 0 radical (unpaired) electrons.